The van der Waals surface area contributed by atoms with Crippen molar-refractivity contribution in [2.24, 2.45) is 5.73 Å². The number of ether oxygens (including phenoxy) is 1. The molecular weight excluding hydrogens is 240 g/mol. The molecule has 1 heterocycles. The second-order valence-electron chi connectivity index (χ2n) is 4.99. The Morgan fingerprint density at radius 3 is 2.84 bits per heavy atom. The zero-order valence-electron chi connectivity index (χ0n) is 11.5. The first-order valence-corrected chi connectivity index (χ1v) is 6.82. The van der Waals surface area contributed by atoms with Crippen molar-refractivity contribution in [3.05, 3.63) is 35.4 Å². The Morgan fingerprint density at radius 1 is 1.42 bits per heavy atom. The molecule has 19 heavy (non-hydrogen) atoms. The summed E-state index contributed by atoms with van der Waals surface area (Å²) in [5.74, 6) is 0.133. The minimum Gasteiger partial charge on any atom is -0.380 e. The topological polar surface area (TPSA) is 55.6 Å². The lowest BCUT2D eigenvalue weighted by atomic mass is 10.0. The monoisotopic (exact) mass is 262 g/mol. The van der Waals surface area contributed by atoms with E-state index >= 15 is 0 Å². The van der Waals surface area contributed by atoms with Crippen molar-refractivity contribution in [1.82, 2.24) is 4.90 Å². The summed E-state index contributed by atoms with van der Waals surface area (Å²) < 4.78 is 5.19. The average Bonchev–Trinajstić information content (AvgIpc) is 2.66. The molecule has 0 spiro atoms. The smallest absolute Gasteiger partial charge is 0.225 e. The lowest BCUT2D eigenvalue weighted by molar-refractivity contribution is -0.134. The number of carbonyl (C=O) groups is 1. The molecule has 0 fully saturated rings. The molecule has 0 radical (unpaired) electrons. The van der Waals surface area contributed by atoms with E-state index < -0.39 is 0 Å². The highest BCUT2D eigenvalue weighted by Crippen LogP contribution is 2.19. The van der Waals surface area contributed by atoms with Crippen molar-refractivity contribution < 1.29 is 9.53 Å². The summed E-state index contributed by atoms with van der Waals surface area (Å²) in [5.41, 5.74) is 8.19. The molecule has 2 N–H and O–H groups in total. The predicted molar refractivity (Wildman–Crippen MR) is 74.6 cm³/mol. The standard InChI is InChI=1S/C15H22N2O2/c1-19-14(10-16)9-15(18)17-8-4-7-12-5-2-3-6-13(12)11-17/h2-3,5-6,14H,4,7-11,16H2,1H3. The van der Waals surface area contributed by atoms with E-state index in [2.05, 4.69) is 18.2 Å². The summed E-state index contributed by atoms with van der Waals surface area (Å²) in [6.07, 6.45) is 2.26. The predicted octanol–water partition coefficient (Wildman–Crippen LogP) is 1.33. The summed E-state index contributed by atoms with van der Waals surface area (Å²) in [5, 5.41) is 0. The third kappa shape index (κ3) is 3.55. The van der Waals surface area contributed by atoms with Crippen LogP contribution in [0, 0.1) is 0 Å². The van der Waals surface area contributed by atoms with Crippen molar-refractivity contribution in [2.45, 2.75) is 31.9 Å². The molecule has 0 saturated heterocycles. The third-order valence-electron chi connectivity index (χ3n) is 3.70. The summed E-state index contributed by atoms with van der Waals surface area (Å²) in [7, 11) is 1.60. The van der Waals surface area contributed by atoms with Gasteiger partial charge in [-0.2, -0.15) is 0 Å². The summed E-state index contributed by atoms with van der Waals surface area (Å²) in [6, 6.07) is 8.36. The maximum atomic E-state index is 12.3. The molecule has 1 aromatic rings. The molecule has 0 saturated carbocycles. The number of amides is 1. The van der Waals surface area contributed by atoms with Crippen molar-refractivity contribution in [1.29, 1.82) is 0 Å². The van der Waals surface area contributed by atoms with Gasteiger partial charge in [0, 0.05) is 26.7 Å². The summed E-state index contributed by atoms with van der Waals surface area (Å²) >= 11 is 0. The first-order valence-electron chi connectivity index (χ1n) is 6.82. The van der Waals surface area contributed by atoms with Crippen LogP contribution < -0.4 is 5.73 Å². The number of hydrogen-bond acceptors (Lipinski definition) is 3. The zero-order valence-corrected chi connectivity index (χ0v) is 11.5. The molecule has 0 aliphatic carbocycles. The van der Waals surface area contributed by atoms with Gasteiger partial charge in [-0.25, -0.2) is 0 Å². The highest BCUT2D eigenvalue weighted by atomic mass is 16.5. The van der Waals surface area contributed by atoms with Crippen LogP contribution in [0.25, 0.3) is 0 Å². The van der Waals surface area contributed by atoms with Gasteiger partial charge in [0.15, 0.2) is 0 Å². The Kier molecular flexibility index (Phi) is 4.93. The highest BCUT2D eigenvalue weighted by Gasteiger charge is 2.21. The first-order chi connectivity index (χ1) is 9.24. The quantitative estimate of drug-likeness (QED) is 0.890. The second kappa shape index (κ2) is 6.68. The fraction of sp³-hybridized carbons (Fsp3) is 0.533. The molecule has 0 aromatic heterocycles. The lowest BCUT2D eigenvalue weighted by Gasteiger charge is -2.23. The SMILES string of the molecule is COC(CN)CC(=O)N1CCCc2ccccc2C1. The third-order valence-corrected chi connectivity index (χ3v) is 3.70. The van der Waals surface area contributed by atoms with Crippen LogP contribution in [0.5, 0.6) is 0 Å². The van der Waals surface area contributed by atoms with Crippen LogP contribution in [0.15, 0.2) is 24.3 Å². The van der Waals surface area contributed by atoms with E-state index in [0.717, 1.165) is 19.4 Å². The number of carbonyl (C=O) groups excluding carboxylic acids is 1. The van der Waals surface area contributed by atoms with Crippen molar-refractivity contribution in [3.63, 3.8) is 0 Å². The molecule has 104 valence electrons. The minimum atomic E-state index is -0.175. The van der Waals surface area contributed by atoms with Gasteiger partial charge in [-0.3, -0.25) is 4.79 Å². The van der Waals surface area contributed by atoms with Crippen LogP contribution in [0.1, 0.15) is 24.0 Å². The van der Waals surface area contributed by atoms with Gasteiger partial charge in [-0.1, -0.05) is 24.3 Å². The second-order valence-corrected chi connectivity index (χ2v) is 4.99. The number of hydrogen-bond donors (Lipinski definition) is 1. The van der Waals surface area contributed by atoms with E-state index in [0.29, 0.717) is 19.5 Å². The van der Waals surface area contributed by atoms with E-state index in [1.165, 1.54) is 11.1 Å². The summed E-state index contributed by atoms with van der Waals surface area (Å²) in [4.78, 5) is 14.2. The number of benzene rings is 1. The van der Waals surface area contributed by atoms with E-state index in [1.807, 2.05) is 11.0 Å². The Balaban J connectivity index is 2.03. The maximum Gasteiger partial charge on any atom is 0.225 e. The van der Waals surface area contributed by atoms with Crippen LogP contribution in [-0.2, 0) is 22.5 Å². The Hall–Kier alpha value is -1.39. The van der Waals surface area contributed by atoms with Gasteiger partial charge in [0.05, 0.1) is 12.5 Å². The average molecular weight is 262 g/mol. The van der Waals surface area contributed by atoms with Gasteiger partial charge in [-0.05, 0) is 24.0 Å². The van der Waals surface area contributed by atoms with E-state index in [1.54, 1.807) is 7.11 Å². The first kappa shape index (κ1) is 14.0. The van der Waals surface area contributed by atoms with E-state index in [9.17, 15) is 4.79 Å². The fourth-order valence-corrected chi connectivity index (χ4v) is 2.50. The number of nitrogens with two attached hydrogens (primary N) is 1. The van der Waals surface area contributed by atoms with E-state index in [4.69, 9.17) is 10.5 Å². The van der Waals surface area contributed by atoms with Crippen LogP contribution in [0.2, 0.25) is 0 Å². The molecular formula is C15H22N2O2. The number of nitrogens with zero attached hydrogens (tertiary/aromatic N) is 1. The fourth-order valence-electron chi connectivity index (χ4n) is 2.50. The van der Waals surface area contributed by atoms with Gasteiger partial charge in [-0.15, -0.1) is 0 Å². The van der Waals surface area contributed by atoms with Crippen molar-refractivity contribution in [2.75, 3.05) is 20.2 Å². The molecule has 1 aliphatic rings. The molecule has 1 amide bonds. The van der Waals surface area contributed by atoms with Gasteiger partial charge in [0.25, 0.3) is 0 Å². The van der Waals surface area contributed by atoms with Crippen molar-refractivity contribution in [3.8, 4) is 0 Å². The Bertz CT molecular complexity index is 430. The Labute approximate surface area is 114 Å². The van der Waals surface area contributed by atoms with Gasteiger partial charge in [0.1, 0.15) is 0 Å². The molecule has 2 rings (SSSR count). The molecule has 4 heteroatoms. The zero-order chi connectivity index (χ0) is 13.7. The number of fused-ring (bicyclic) bond motifs is 1. The molecule has 0 bridgehead atoms. The molecule has 1 atom stereocenters. The molecule has 1 aliphatic heterocycles. The van der Waals surface area contributed by atoms with E-state index in [-0.39, 0.29) is 12.0 Å². The maximum absolute atomic E-state index is 12.3. The minimum absolute atomic E-state index is 0.133. The van der Waals surface area contributed by atoms with Gasteiger partial charge >= 0.3 is 0 Å². The van der Waals surface area contributed by atoms with Crippen molar-refractivity contribution >= 4 is 5.91 Å². The van der Waals surface area contributed by atoms with Crippen LogP contribution >= 0.6 is 0 Å². The number of aryl methyl sites for hydroxylation is 1. The van der Waals surface area contributed by atoms with Crippen LogP contribution in [-0.4, -0.2) is 37.1 Å². The molecule has 1 aromatic carbocycles. The van der Waals surface area contributed by atoms with Gasteiger partial charge < -0.3 is 15.4 Å². The number of rotatable bonds is 4. The summed E-state index contributed by atoms with van der Waals surface area (Å²) in [6.45, 7) is 1.90. The molecule has 1 unspecified atom stereocenters. The van der Waals surface area contributed by atoms with Crippen LogP contribution in [0.4, 0.5) is 0 Å². The largest absolute Gasteiger partial charge is 0.380 e. The lowest BCUT2D eigenvalue weighted by Crippen LogP contribution is -2.35. The molecule has 4 nitrogen and oxygen atoms in total. The van der Waals surface area contributed by atoms with Crippen LogP contribution in [0.3, 0.4) is 0 Å². The Morgan fingerprint density at radius 2 is 2.16 bits per heavy atom. The number of methoxy groups -OCH3 is 1. The highest BCUT2D eigenvalue weighted by molar-refractivity contribution is 5.76. The van der Waals surface area contributed by atoms with Gasteiger partial charge in [0.2, 0.25) is 5.91 Å². The normalized spacial score (nSPS) is 16.6.